The van der Waals surface area contributed by atoms with E-state index < -0.39 is 16.2 Å². The molecule has 1 saturated carbocycles. The summed E-state index contributed by atoms with van der Waals surface area (Å²) in [4.78, 5) is 25.8. The Kier molecular flexibility index (Phi) is 17.6. The number of fused-ring (bicyclic) bond motifs is 1. The van der Waals surface area contributed by atoms with Gasteiger partial charge in [0.25, 0.3) is 0 Å². The van der Waals surface area contributed by atoms with Crippen LogP contribution < -0.4 is 5.73 Å². The van der Waals surface area contributed by atoms with E-state index in [9.17, 15) is 22.6 Å². The van der Waals surface area contributed by atoms with Crippen LogP contribution in [0.25, 0.3) is 0 Å². The number of benzene rings is 1. The fourth-order valence-corrected chi connectivity index (χ4v) is 6.02. The van der Waals surface area contributed by atoms with E-state index in [1.165, 1.54) is 56.4 Å². The second kappa shape index (κ2) is 20.3. The third kappa shape index (κ3) is 13.7. The maximum Gasteiger partial charge on any atom is 0.174 e. The first-order chi connectivity index (χ1) is 20.2. The minimum absolute atomic E-state index is 0.0651. The molecule has 10 heteroatoms. The highest BCUT2D eigenvalue weighted by atomic mass is 32.2. The third-order valence-electron chi connectivity index (χ3n) is 7.86. The highest BCUT2D eigenvalue weighted by Gasteiger charge is 2.32. The zero-order valence-corrected chi connectivity index (χ0v) is 26.5. The van der Waals surface area contributed by atoms with Crippen LogP contribution in [0.3, 0.4) is 0 Å². The fourth-order valence-electron chi connectivity index (χ4n) is 5.55. The Morgan fingerprint density at radius 3 is 2.10 bits per heavy atom. The average molecular weight is 612 g/mol. The molecule has 1 heterocycles. The van der Waals surface area contributed by atoms with E-state index >= 15 is 0 Å². The molecular weight excluding hydrogens is 558 g/mol. The van der Waals surface area contributed by atoms with Crippen LogP contribution in [0.2, 0.25) is 0 Å². The van der Waals surface area contributed by atoms with Crippen LogP contribution in [-0.4, -0.2) is 62.6 Å². The van der Waals surface area contributed by atoms with Crippen molar-refractivity contribution < 1.29 is 42.5 Å². The largest absolute Gasteiger partial charge is 0.744 e. The monoisotopic (exact) mass is 611 g/mol. The molecule has 0 aromatic heterocycles. The number of carbonyl (C=O) groups excluding carboxylic acids is 2. The number of quaternary nitrogens is 1. The van der Waals surface area contributed by atoms with Crippen molar-refractivity contribution in [2.75, 3.05) is 19.8 Å². The lowest BCUT2D eigenvalue weighted by Gasteiger charge is -2.28. The Morgan fingerprint density at radius 2 is 1.40 bits per heavy atom. The van der Waals surface area contributed by atoms with Crippen LogP contribution in [0, 0.1) is 5.92 Å². The molecule has 9 nitrogen and oxygen atoms in total. The predicted octanol–water partition coefficient (Wildman–Crippen LogP) is 4.76. The van der Waals surface area contributed by atoms with Gasteiger partial charge in [0.1, 0.15) is 10.1 Å². The van der Waals surface area contributed by atoms with Gasteiger partial charge in [-0.05, 0) is 49.8 Å². The van der Waals surface area contributed by atoms with Crippen LogP contribution in [0.15, 0.2) is 29.2 Å². The molecule has 2 fully saturated rings. The van der Waals surface area contributed by atoms with Crippen molar-refractivity contribution in [2.45, 2.75) is 133 Å². The van der Waals surface area contributed by atoms with Gasteiger partial charge in [0.15, 0.2) is 17.7 Å². The summed E-state index contributed by atoms with van der Waals surface area (Å²) in [6, 6.07) is 5.60. The van der Waals surface area contributed by atoms with Crippen molar-refractivity contribution in [2.24, 2.45) is 5.92 Å². The molecule has 0 amide bonds. The molecular formula is C32H53NO8S. The lowest BCUT2D eigenvalue weighted by atomic mass is 9.86. The van der Waals surface area contributed by atoms with E-state index in [1.54, 1.807) is 0 Å². The lowest BCUT2D eigenvalue weighted by molar-refractivity contribution is -0.440. The number of ether oxygens (including phenoxy) is 3. The topological polar surface area (TPSA) is 147 Å². The molecule has 0 radical (unpaired) electrons. The summed E-state index contributed by atoms with van der Waals surface area (Å²) < 4.78 is 51.2. The summed E-state index contributed by atoms with van der Waals surface area (Å²) in [6.45, 7) is 5.21. The predicted molar refractivity (Wildman–Crippen MR) is 160 cm³/mol. The Morgan fingerprint density at radius 1 is 0.833 bits per heavy atom. The summed E-state index contributed by atoms with van der Waals surface area (Å²) in [5, 5.41) is 0. The van der Waals surface area contributed by atoms with Crippen LogP contribution in [0.4, 0.5) is 0 Å². The standard InChI is InChI=1S/C29H45NO8S.C3H8/c30-25-10-6-2-1-3-8-18-36-19-16-26(31)29(38-21-22-12-14-23(15-13-22)39(33,34)35)27(32)17-20-37-28-11-7-4-5-9-24(25)28;1-3-2/h12-15,24-25,28-29H,1-11,16-21,30H2,(H,33,34,35);3H2,1-2H3. The first kappa shape index (κ1) is 36.5. The van der Waals surface area contributed by atoms with Crippen molar-refractivity contribution in [3.8, 4) is 0 Å². The average Bonchev–Trinajstić information content (AvgIpc) is 3.19. The van der Waals surface area contributed by atoms with Crippen molar-refractivity contribution in [3.05, 3.63) is 29.8 Å². The number of ketones is 2. The molecule has 4 atom stereocenters. The third-order valence-corrected chi connectivity index (χ3v) is 8.71. The zero-order chi connectivity index (χ0) is 30.8. The van der Waals surface area contributed by atoms with Crippen LogP contribution in [0.1, 0.15) is 109 Å². The van der Waals surface area contributed by atoms with Gasteiger partial charge in [-0.2, -0.15) is 0 Å². The van der Waals surface area contributed by atoms with Gasteiger partial charge >= 0.3 is 0 Å². The number of carbonyl (C=O) groups is 2. The summed E-state index contributed by atoms with van der Waals surface area (Å²) >= 11 is 0. The van der Waals surface area contributed by atoms with Crippen LogP contribution in [0.5, 0.6) is 0 Å². The maximum absolute atomic E-state index is 13.2. The first-order valence-electron chi connectivity index (χ1n) is 15.9. The molecule has 3 N–H and O–H groups in total. The van der Waals surface area contributed by atoms with E-state index in [0.29, 0.717) is 24.1 Å². The molecule has 0 bridgehead atoms. The smallest absolute Gasteiger partial charge is 0.174 e. The minimum atomic E-state index is -4.56. The highest BCUT2D eigenvalue weighted by molar-refractivity contribution is 7.85. The number of rotatable bonds is 4. The SMILES string of the molecule is CCC.[NH3+]C1CCCCCCCOCCC(=O)C(OCc2ccc(S(=O)(=O)[O-])cc2)C(=O)CCOC2CCCCCC12. The van der Waals surface area contributed by atoms with Gasteiger partial charge in [0.2, 0.25) is 0 Å². The van der Waals surface area contributed by atoms with Crippen molar-refractivity contribution in [1.82, 2.24) is 0 Å². The Bertz CT molecular complexity index is 1010. The van der Waals surface area contributed by atoms with Crippen molar-refractivity contribution in [3.63, 3.8) is 0 Å². The van der Waals surface area contributed by atoms with Gasteiger partial charge < -0.3 is 24.5 Å². The molecule has 1 aliphatic carbocycles. The summed E-state index contributed by atoms with van der Waals surface area (Å²) in [5.74, 6) is -0.303. The lowest BCUT2D eigenvalue weighted by Crippen LogP contribution is -2.66. The summed E-state index contributed by atoms with van der Waals surface area (Å²) in [7, 11) is -4.56. The molecule has 1 saturated heterocycles. The van der Waals surface area contributed by atoms with Gasteiger partial charge in [-0.3, -0.25) is 9.59 Å². The van der Waals surface area contributed by atoms with Gasteiger partial charge in [0.05, 0.1) is 36.9 Å². The Balaban J connectivity index is 0.00000197. The second-order valence-corrected chi connectivity index (χ2v) is 12.9. The van der Waals surface area contributed by atoms with Gasteiger partial charge in [-0.25, -0.2) is 8.42 Å². The number of hydrogen-bond acceptors (Lipinski definition) is 8. The van der Waals surface area contributed by atoms with E-state index in [2.05, 4.69) is 19.6 Å². The minimum Gasteiger partial charge on any atom is -0.744 e. The van der Waals surface area contributed by atoms with Gasteiger partial charge in [0, 0.05) is 25.4 Å². The van der Waals surface area contributed by atoms with Crippen molar-refractivity contribution >= 4 is 21.7 Å². The normalized spacial score (nSPS) is 26.4. The number of hydrogen-bond donors (Lipinski definition) is 1. The maximum atomic E-state index is 13.2. The van der Waals surface area contributed by atoms with E-state index in [1.807, 2.05) is 0 Å². The van der Waals surface area contributed by atoms with Gasteiger partial charge in [-0.15, -0.1) is 0 Å². The van der Waals surface area contributed by atoms with E-state index in [0.717, 1.165) is 44.9 Å². The van der Waals surface area contributed by atoms with Gasteiger partial charge in [-0.1, -0.05) is 70.9 Å². The Labute approximate surface area is 253 Å². The molecule has 3 rings (SSSR count). The number of Topliss-reactive ketones (excluding diaryl/α,β-unsaturated/α-hetero) is 2. The van der Waals surface area contributed by atoms with Crippen molar-refractivity contribution in [1.29, 1.82) is 0 Å². The highest BCUT2D eigenvalue weighted by Crippen LogP contribution is 2.29. The molecule has 1 aliphatic heterocycles. The summed E-state index contributed by atoms with van der Waals surface area (Å²) in [6.07, 6.45) is 12.4. The molecule has 42 heavy (non-hydrogen) atoms. The molecule has 4 unspecified atom stereocenters. The Hall–Kier alpha value is -1.69. The fraction of sp³-hybridized carbons (Fsp3) is 0.750. The second-order valence-electron chi connectivity index (χ2n) is 11.6. The van der Waals surface area contributed by atoms with E-state index in [4.69, 9.17) is 14.2 Å². The van der Waals surface area contributed by atoms with E-state index in [-0.39, 0.29) is 55.2 Å². The molecule has 240 valence electrons. The first-order valence-corrected chi connectivity index (χ1v) is 17.3. The molecule has 0 spiro atoms. The quantitative estimate of drug-likeness (QED) is 0.379. The van der Waals surface area contributed by atoms with Crippen LogP contribution in [-0.2, 0) is 40.5 Å². The molecule has 2 aliphatic rings. The molecule has 1 aromatic rings. The summed E-state index contributed by atoms with van der Waals surface area (Å²) in [5.41, 5.74) is 5.04. The van der Waals surface area contributed by atoms with Crippen LogP contribution >= 0.6 is 0 Å². The molecule has 1 aromatic carbocycles. The zero-order valence-electron chi connectivity index (χ0n) is 25.7.